The van der Waals surface area contributed by atoms with Crippen molar-refractivity contribution in [2.45, 2.75) is 52.4 Å². The number of hydrogen-bond acceptors (Lipinski definition) is 2. The summed E-state index contributed by atoms with van der Waals surface area (Å²) >= 11 is 0. The molecular formula is C16H24O2. The molecule has 0 atom stereocenters. The summed E-state index contributed by atoms with van der Waals surface area (Å²) in [6.45, 7) is 8.25. The molecule has 100 valence electrons. The van der Waals surface area contributed by atoms with Gasteiger partial charge in [0.15, 0.2) is 0 Å². The molecule has 18 heavy (non-hydrogen) atoms. The van der Waals surface area contributed by atoms with E-state index in [0.717, 1.165) is 18.6 Å². The van der Waals surface area contributed by atoms with Crippen LogP contribution in [-0.4, -0.2) is 12.9 Å². The molecule has 0 radical (unpaired) electrons. The van der Waals surface area contributed by atoms with Crippen molar-refractivity contribution >= 4 is 5.78 Å². The van der Waals surface area contributed by atoms with Crippen LogP contribution < -0.4 is 4.74 Å². The van der Waals surface area contributed by atoms with Crippen LogP contribution in [0.2, 0.25) is 0 Å². The average Bonchev–Trinajstić information content (AvgIpc) is 2.27. The molecule has 1 aromatic carbocycles. The van der Waals surface area contributed by atoms with E-state index in [1.807, 2.05) is 6.07 Å². The molecule has 0 aliphatic rings. The average molecular weight is 248 g/mol. The van der Waals surface area contributed by atoms with Crippen molar-refractivity contribution in [2.75, 3.05) is 7.11 Å². The summed E-state index contributed by atoms with van der Waals surface area (Å²) < 4.78 is 5.39. The lowest BCUT2D eigenvalue weighted by Crippen LogP contribution is -2.11. The number of rotatable bonds is 5. The van der Waals surface area contributed by atoms with E-state index in [0.29, 0.717) is 6.42 Å². The Kier molecular flexibility index (Phi) is 4.94. The molecule has 2 heteroatoms. The van der Waals surface area contributed by atoms with E-state index < -0.39 is 0 Å². The van der Waals surface area contributed by atoms with Crippen molar-refractivity contribution in [1.29, 1.82) is 0 Å². The summed E-state index contributed by atoms with van der Waals surface area (Å²) in [5, 5.41) is 0. The van der Waals surface area contributed by atoms with Gasteiger partial charge in [-0.3, -0.25) is 0 Å². The minimum atomic E-state index is 0.140. The molecule has 0 N–H and O–H groups in total. The molecule has 0 heterocycles. The fourth-order valence-corrected chi connectivity index (χ4v) is 1.97. The normalized spacial score (nSPS) is 11.4. The summed E-state index contributed by atoms with van der Waals surface area (Å²) in [7, 11) is 1.70. The van der Waals surface area contributed by atoms with E-state index in [2.05, 4.69) is 32.9 Å². The highest BCUT2D eigenvalue weighted by atomic mass is 16.5. The summed E-state index contributed by atoms with van der Waals surface area (Å²) in [6, 6.07) is 6.36. The number of ether oxygens (including phenoxy) is 1. The summed E-state index contributed by atoms with van der Waals surface area (Å²) in [5.74, 6) is 1.17. The van der Waals surface area contributed by atoms with Crippen LogP contribution in [0.4, 0.5) is 0 Å². The first-order valence-corrected chi connectivity index (χ1v) is 6.51. The number of ketones is 1. The fourth-order valence-electron chi connectivity index (χ4n) is 1.97. The van der Waals surface area contributed by atoms with E-state index in [1.165, 1.54) is 11.1 Å². The summed E-state index contributed by atoms with van der Waals surface area (Å²) in [4.78, 5) is 11.0. The minimum Gasteiger partial charge on any atom is -0.496 e. The predicted molar refractivity (Wildman–Crippen MR) is 75.3 cm³/mol. The Hall–Kier alpha value is -1.31. The second-order valence-electron chi connectivity index (χ2n) is 5.83. The largest absolute Gasteiger partial charge is 0.496 e. The molecule has 0 amide bonds. The molecular weight excluding hydrogens is 224 g/mol. The van der Waals surface area contributed by atoms with Crippen LogP contribution in [-0.2, 0) is 16.6 Å². The molecule has 0 saturated heterocycles. The van der Waals surface area contributed by atoms with Gasteiger partial charge in [0.05, 0.1) is 7.11 Å². The van der Waals surface area contributed by atoms with Crippen molar-refractivity contribution in [3.63, 3.8) is 0 Å². The van der Waals surface area contributed by atoms with Gasteiger partial charge in [-0.1, -0.05) is 32.9 Å². The summed E-state index contributed by atoms with van der Waals surface area (Å²) in [6.07, 6.45) is 2.43. The Balaban J connectivity index is 2.89. The number of aryl methyl sites for hydroxylation is 1. The number of carbonyl (C=O) groups excluding carboxylic acids is 1. The van der Waals surface area contributed by atoms with Crippen LogP contribution in [0.5, 0.6) is 5.75 Å². The molecule has 0 spiro atoms. The third kappa shape index (κ3) is 4.17. The third-order valence-corrected chi connectivity index (χ3v) is 3.12. The molecule has 0 saturated carbocycles. The molecule has 0 bridgehead atoms. The van der Waals surface area contributed by atoms with Gasteiger partial charge < -0.3 is 9.53 Å². The van der Waals surface area contributed by atoms with Crippen molar-refractivity contribution in [3.8, 4) is 5.75 Å². The van der Waals surface area contributed by atoms with Gasteiger partial charge in [-0.25, -0.2) is 0 Å². The number of Topliss-reactive ketones (excluding diaryl/α,β-unsaturated/α-hetero) is 1. The van der Waals surface area contributed by atoms with Crippen LogP contribution >= 0.6 is 0 Å². The molecule has 0 aromatic heterocycles. The Morgan fingerprint density at radius 2 is 1.94 bits per heavy atom. The Labute approximate surface area is 110 Å². The van der Waals surface area contributed by atoms with Gasteiger partial charge in [0, 0.05) is 6.42 Å². The number of benzene rings is 1. The van der Waals surface area contributed by atoms with E-state index >= 15 is 0 Å². The highest BCUT2D eigenvalue weighted by molar-refractivity contribution is 5.75. The zero-order chi connectivity index (χ0) is 13.8. The number of carbonyl (C=O) groups is 1. The quantitative estimate of drug-likeness (QED) is 0.790. The van der Waals surface area contributed by atoms with Crippen molar-refractivity contribution in [2.24, 2.45) is 0 Å². The molecule has 0 aliphatic heterocycles. The van der Waals surface area contributed by atoms with Gasteiger partial charge in [0.2, 0.25) is 0 Å². The molecule has 0 fully saturated rings. The zero-order valence-corrected chi connectivity index (χ0v) is 12.2. The van der Waals surface area contributed by atoms with E-state index in [4.69, 9.17) is 4.74 Å². The van der Waals surface area contributed by atoms with Crippen LogP contribution in [0.25, 0.3) is 0 Å². The van der Waals surface area contributed by atoms with Gasteiger partial charge in [0.1, 0.15) is 11.5 Å². The maximum atomic E-state index is 11.0. The summed E-state index contributed by atoms with van der Waals surface area (Å²) in [5.41, 5.74) is 2.65. The Bertz CT molecular complexity index is 414. The Morgan fingerprint density at radius 3 is 2.44 bits per heavy atom. The van der Waals surface area contributed by atoms with E-state index in [1.54, 1.807) is 14.0 Å². The first kappa shape index (κ1) is 14.7. The topological polar surface area (TPSA) is 26.3 Å². The standard InChI is InChI=1S/C16H24O2/c1-12(17)7-6-8-13-11-14(16(2,3)4)9-10-15(13)18-5/h9-11H,6-8H2,1-5H3. The van der Waals surface area contributed by atoms with Crippen molar-refractivity contribution in [3.05, 3.63) is 29.3 Å². The van der Waals surface area contributed by atoms with Crippen LogP contribution in [0.1, 0.15) is 51.7 Å². The van der Waals surface area contributed by atoms with Gasteiger partial charge in [-0.15, -0.1) is 0 Å². The SMILES string of the molecule is COc1ccc(C(C)(C)C)cc1CCCC(C)=O. The van der Waals surface area contributed by atoms with Gasteiger partial charge in [0.25, 0.3) is 0 Å². The van der Waals surface area contributed by atoms with Crippen molar-refractivity contribution < 1.29 is 9.53 Å². The van der Waals surface area contributed by atoms with E-state index in [-0.39, 0.29) is 11.2 Å². The second-order valence-corrected chi connectivity index (χ2v) is 5.83. The first-order chi connectivity index (χ1) is 8.34. The van der Waals surface area contributed by atoms with Gasteiger partial charge >= 0.3 is 0 Å². The van der Waals surface area contributed by atoms with Crippen LogP contribution in [0, 0.1) is 0 Å². The zero-order valence-electron chi connectivity index (χ0n) is 12.2. The maximum Gasteiger partial charge on any atom is 0.129 e. The van der Waals surface area contributed by atoms with Crippen LogP contribution in [0.15, 0.2) is 18.2 Å². The highest BCUT2D eigenvalue weighted by Gasteiger charge is 2.15. The molecule has 0 aliphatic carbocycles. The lowest BCUT2D eigenvalue weighted by atomic mass is 9.85. The fraction of sp³-hybridized carbons (Fsp3) is 0.562. The Morgan fingerprint density at radius 1 is 1.28 bits per heavy atom. The monoisotopic (exact) mass is 248 g/mol. The highest BCUT2D eigenvalue weighted by Crippen LogP contribution is 2.28. The van der Waals surface area contributed by atoms with Gasteiger partial charge in [-0.05, 0) is 42.4 Å². The molecule has 0 unspecified atom stereocenters. The lowest BCUT2D eigenvalue weighted by Gasteiger charge is -2.21. The molecule has 1 aromatic rings. The number of methoxy groups -OCH3 is 1. The molecule has 2 nitrogen and oxygen atoms in total. The third-order valence-electron chi connectivity index (χ3n) is 3.12. The second kappa shape index (κ2) is 6.03. The smallest absolute Gasteiger partial charge is 0.129 e. The van der Waals surface area contributed by atoms with Crippen molar-refractivity contribution in [1.82, 2.24) is 0 Å². The number of hydrogen-bond donors (Lipinski definition) is 0. The van der Waals surface area contributed by atoms with Gasteiger partial charge in [-0.2, -0.15) is 0 Å². The lowest BCUT2D eigenvalue weighted by molar-refractivity contribution is -0.117. The van der Waals surface area contributed by atoms with Crippen LogP contribution in [0.3, 0.4) is 0 Å². The molecule has 1 rings (SSSR count). The maximum absolute atomic E-state index is 11.0. The first-order valence-electron chi connectivity index (χ1n) is 6.51. The predicted octanol–water partition coefficient (Wildman–Crippen LogP) is 3.90. The minimum absolute atomic E-state index is 0.140. The van der Waals surface area contributed by atoms with E-state index in [9.17, 15) is 4.79 Å².